The summed E-state index contributed by atoms with van der Waals surface area (Å²) < 4.78 is 14.4. The Hall–Kier alpha value is -1.92. The Kier molecular flexibility index (Phi) is 4.63. The summed E-state index contributed by atoms with van der Waals surface area (Å²) in [5, 5.41) is 4.37. The molecule has 23 heavy (non-hydrogen) atoms. The van der Waals surface area contributed by atoms with Crippen molar-refractivity contribution in [2.24, 2.45) is 7.05 Å². The first-order valence-corrected chi connectivity index (χ1v) is 7.86. The van der Waals surface area contributed by atoms with Gasteiger partial charge in [-0.3, -0.25) is 14.4 Å². The van der Waals surface area contributed by atoms with E-state index in [1.165, 1.54) is 23.0 Å². The highest BCUT2D eigenvalue weighted by Crippen LogP contribution is 2.18. The zero-order valence-electron chi connectivity index (χ0n) is 12.9. The van der Waals surface area contributed by atoms with Gasteiger partial charge in [-0.15, -0.1) is 0 Å². The third kappa shape index (κ3) is 3.54. The van der Waals surface area contributed by atoms with Crippen LogP contribution in [0.2, 0.25) is 5.15 Å². The van der Waals surface area contributed by atoms with Crippen LogP contribution in [0.15, 0.2) is 30.5 Å². The number of aromatic nitrogens is 2. The van der Waals surface area contributed by atoms with Crippen molar-refractivity contribution in [2.45, 2.75) is 6.54 Å². The molecule has 0 radical (unpaired) electrons. The van der Waals surface area contributed by atoms with E-state index in [0.29, 0.717) is 23.8 Å². The number of carbonyl (C=O) groups excluding carboxylic acids is 1. The molecular weight excluding hydrogens is 319 g/mol. The molecule has 3 rings (SSSR count). The van der Waals surface area contributed by atoms with Crippen LogP contribution in [0.25, 0.3) is 0 Å². The zero-order valence-corrected chi connectivity index (χ0v) is 13.6. The number of amides is 1. The summed E-state index contributed by atoms with van der Waals surface area (Å²) in [4.78, 5) is 16.5. The number of aryl methyl sites for hydroxylation is 1. The molecule has 2 aromatic rings. The quantitative estimate of drug-likeness (QED) is 0.862. The van der Waals surface area contributed by atoms with Gasteiger partial charge in [-0.2, -0.15) is 5.10 Å². The SMILES string of the molecule is Cn1ncc(C(=O)N2CCN(Cc3ccc(F)cc3)CC2)c1Cl. The maximum atomic E-state index is 12.9. The molecule has 122 valence electrons. The van der Waals surface area contributed by atoms with Crippen molar-refractivity contribution in [1.82, 2.24) is 19.6 Å². The molecule has 1 aromatic heterocycles. The minimum Gasteiger partial charge on any atom is -0.336 e. The largest absolute Gasteiger partial charge is 0.336 e. The van der Waals surface area contributed by atoms with Crippen LogP contribution >= 0.6 is 11.6 Å². The van der Waals surface area contributed by atoms with E-state index in [-0.39, 0.29) is 11.7 Å². The molecule has 1 saturated heterocycles. The van der Waals surface area contributed by atoms with Crippen LogP contribution in [0, 0.1) is 5.82 Å². The van der Waals surface area contributed by atoms with Crippen LogP contribution in [-0.2, 0) is 13.6 Å². The zero-order chi connectivity index (χ0) is 16.4. The fraction of sp³-hybridized carbons (Fsp3) is 0.375. The highest BCUT2D eigenvalue weighted by atomic mass is 35.5. The first kappa shape index (κ1) is 16.0. The first-order chi connectivity index (χ1) is 11.0. The molecule has 2 heterocycles. The van der Waals surface area contributed by atoms with Crippen LogP contribution in [0.1, 0.15) is 15.9 Å². The Morgan fingerprint density at radius 3 is 2.43 bits per heavy atom. The predicted octanol–water partition coefficient (Wildman–Crippen LogP) is 2.17. The number of nitrogens with zero attached hydrogens (tertiary/aromatic N) is 4. The second kappa shape index (κ2) is 6.68. The second-order valence-corrected chi connectivity index (χ2v) is 6.03. The molecule has 1 aliphatic rings. The maximum Gasteiger partial charge on any atom is 0.258 e. The predicted molar refractivity (Wildman–Crippen MR) is 85.8 cm³/mol. The summed E-state index contributed by atoms with van der Waals surface area (Å²) in [5.41, 5.74) is 1.52. The van der Waals surface area contributed by atoms with Gasteiger partial charge in [0.15, 0.2) is 0 Å². The van der Waals surface area contributed by atoms with Crippen molar-refractivity contribution in [2.75, 3.05) is 26.2 Å². The number of carbonyl (C=O) groups is 1. The van der Waals surface area contributed by atoms with Crippen molar-refractivity contribution in [3.63, 3.8) is 0 Å². The molecule has 7 heteroatoms. The molecule has 0 unspecified atom stereocenters. The highest BCUT2D eigenvalue weighted by molar-refractivity contribution is 6.32. The summed E-state index contributed by atoms with van der Waals surface area (Å²) in [6.45, 7) is 3.61. The van der Waals surface area contributed by atoms with Crippen molar-refractivity contribution in [3.05, 3.63) is 52.6 Å². The second-order valence-electron chi connectivity index (χ2n) is 5.67. The number of halogens is 2. The Morgan fingerprint density at radius 1 is 1.22 bits per heavy atom. The molecule has 0 atom stereocenters. The van der Waals surface area contributed by atoms with Crippen LogP contribution < -0.4 is 0 Å². The molecule has 1 aliphatic heterocycles. The Balaban J connectivity index is 1.57. The minimum absolute atomic E-state index is 0.0791. The molecule has 0 bridgehead atoms. The monoisotopic (exact) mass is 336 g/mol. The highest BCUT2D eigenvalue weighted by Gasteiger charge is 2.25. The summed E-state index contributed by atoms with van der Waals surface area (Å²) >= 11 is 6.08. The number of hydrogen-bond acceptors (Lipinski definition) is 3. The van der Waals surface area contributed by atoms with Gasteiger partial charge in [-0.05, 0) is 17.7 Å². The molecule has 1 amide bonds. The van der Waals surface area contributed by atoms with Gasteiger partial charge in [0.2, 0.25) is 0 Å². The van der Waals surface area contributed by atoms with Crippen molar-refractivity contribution in [1.29, 1.82) is 0 Å². The topological polar surface area (TPSA) is 41.4 Å². The van der Waals surface area contributed by atoms with Gasteiger partial charge in [0.25, 0.3) is 5.91 Å². The Morgan fingerprint density at radius 2 is 1.87 bits per heavy atom. The van der Waals surface area contributed by atoms with E-state index in [2.05, 4.69) is 10.00 Å². The molecule has 0 N–H and O–H groups in total. The lowest BCUT2D eigenvalue weighted by Crippen LogP contribution is -2.48. The van der Waals surface area contributed by atoms with Crippen molar-refractivity contribution in [3.8, 4) is 0 Å². The van der Waals surface area contributed by atoms with E-state index in [9.17, 15) is 9.18 Å². The summed E-state index contributed by atoms with van der Waals surface area (Å²) in [7, 11) is 1.71. The minimum atomic E-state index is -0.225. The smallest absolute Gasteiger partial charge is 0.258 e. The number of rotatable bonds is 3. The van der Waals surface area contributed by atoms with Gasteiger partial charge in [0.05, 0.1) is 11.8 Å². The molecule has 0 aliphatic carbocycles. The first-order valence-electron chi connectivity index (χ1n) is 7.48. The maximum absolute atomic E-state index is 12.9. The van der Waals surface area contributed by atoms with E-state index in [1.807, 2.05) is 0 Å². The number of piperazine rings is 1. The molecule has 1 fully saturated rings. The third-order valence-electron chi connectivity index (χ3n) is 4.08. The van der Waals surface area contributed by atoms with E-state index < -0.39 is 0 Å². The Bertz CT molecular complexity index is 693. The average Bonchev–Trinajstić information content (AvgIpc) is 2.89. The fourth-order valence-electron chi connectivity index (χ4n) is 2.69. The lowest BCUT2D eigenvalue weighted by Gasteiger charge is -2.34. The third-order valence-corrected chi connectivity index (χ3v) is 4.52. The molecule has 0 saturated carbocycles. The van der Waals surface area contributed by atoms with E-state index in [1.54, 1.807) is 24.1 Å². The molecule has 0 spiro atoms. The normalized spacial score (nSPS) is 15.9. The van der Waals surface area contributed by atoms with Crippen molar-refractivity contribution >= 4 is 17.5 Å². The van der Waals surface area contributed by atoms with Gasteiger partial charge in [-0.1, -0.05) is 23.7 Å². The van der Waals surface area contributed by atoms with Gasteiger partial charge >= 0.3 is 0 Å². The van der Waals surface area contributed by atoms with E-state index in [4.69, 9.17) is 11.6 Å². The van der Waals surface area contributed by atoms with E-state index >= 15 is 0 Å². The number of hydrogen-bond donors (Lipinski definition) is 0. The van der Waals surface area contributed by atoms with E-state index in [0.717, 1.165) is 25.2 Å². The standard InChI is InChI=1S/C16H18ClFN4O/c1-20-15(17)14(10-19-20)16(23)22-8-6-21(7-9-22)11-12-2-4-13(18)5-3-12/h2-5,10H,6-9,11H2,1H3. The molecule has 1 aromatic carbocycles. The van der Waals surface area contributed by atoms with Crippen LogP contribution in [0.5, 0.6) is 0 Å². The van der Waals surface area contributed by atoms with Gasteiger partial charge < -0.3 is 4.90 Å². The molecule has 5 nitrogen and oxygen atoms in total. The average molecular weight is 337 g/mol. The van der Waals surface area contributed by atoms with Crippen LogP contribution in [0.3, 0.4) is 0 Å². The van der Waals surface area contributed by atoms with Crippen LogP contribution in [0.4, 0.5) is 4.39 Å². The lowest BCUT2D eigenvalue weighted by atomic mass is 10.2. The van der Waals surface area contributed by atoms with Gasteiger partial charge in [-0.25, -0.2) is 4.39 Å². The summed E-state index contributed by atoms with van der Waals surface area (Å²) in [6, 6.07) is 6.53. The fourth-order valence-corrected chi connectivity index (χ4v) is 2.87. The van der Waals surface area contributed by atoms with Gasteiger partial charge in [0.1, 0.15) is 11.0 Å². The number of benzene rings is 1. The summed E-state index contributed by atoms with van der Waals surface area (Å²) in [6.07, 6.45) is 1.51. The molecular formula is C16H18ClFN4O. The lowest BCUT2D eigenvalue weighted by molar-refractivity contribution is 0.0628. The van der Waals surface area contributed by atoms with Gasteiger partial charge in [0, 0.05) is 39.8 Å². The van der Waals surface area contributed by atoms with Crippen molar-refractivity contribution < 1.29 is 9.18 Å². The van der Waals surface area contributed by atoms with Crippen LogP contribution in [-0.4, -0.2) is 51.7 Å². The summed E-state index contributed by atoms with van der Waals surface area (Å²) in [5.74, 6) is -0.304. The Labute approximate surface area is 139 Å².